The van der Waals surface area contributed by atoms with Gasteiger partial charge in [0.15, 0.2) is 0 Å². The molecule has 1 fully saturated rings. The van der Waals surface area contributed by atoms with Crippen LogP contribution in [0.15, 0.2) is 12.5 Å². The highest BCUT2D eigenvalue weighted by Gasteiger charge is 2.35. The predicted octanol–water partition coefficient (Wildman–Crippen LogP) is -0.890. The van der Waals surface area contributed by atoms with Gasteiger partial charge in [0.05, 0.1) is 18.9 Å². The van der Waals surface area contributed by atoms with E-state index >= 15 is 0 Å². The molecular weight excluding hydrogens is 251 g/mol. The molecule has 2 atom stereocenters. The van der Waals surface area contributed by atoms with Crippen LogP contribution < -0.4 is 0 Å². The highest BCUT2D eigenvalue weighted by molar-refractivity contribution is 6.30. The highest BCUT2D eigenvalue weighted by Crippen LogP contribution is 2.27. The Morgan fingerprint density at radius 1 is 1.53 bits per heavy atom. The van der Waals surface area contributed by atoms with E-state index in [2.05, 4.69) is 4.98 Å². The molecule has 0 aromatic carbocycles. The van der Waals surface area contributed by atoms with Crippen LogP contribution in [-0.4, -0.2) is 44.5 Å². The number of nitrogens with zero attached hydrogens (tertiary/aromatic N) is 2. The maximum atomic E-state index is 11.4. The lowest BCUT2D eigenvalue weighted by Crippen LogP contribution is -2.18. The Kier molecular flexibility index (Phi) is 6.00. The van der Waals surface area contributed by atoms with Gasteiger partial charge in [-0.15, -0.1) is 0 Å². The number of hydrogen-bond acceptors (Lipinski definition) is 6. The van der Waals surface area contributed by atoms with Gasteiger partial charge in [0, 0.05) is 24.9 Å². The average molecular weight is 270 g/mol. The van der Waals surface area contributed by atoms with Crippen LogP contribution in [0.2, 0.25) is 0 Å². The van der Waals surface area contributed by atoms with E-state index in [9.17, 15) is 4.79 Å². The molecule has 0 unspecified atom stereocenters. The summed E-state index contributed by atoms with van der Waals surface area (Å²) in [4.78, 5) is 15.5. The van der Waals surface area contributed by atoms with Crippen LogP contribution >= 0.6 is 0 Å². The van der Waals surface area contributed by atoms with Gasteiger partial charge in [-0.2, -0.15) is 0 Å². The lowest BCUT2D eigenvalue weighted by molar-refractivity contribution is -0.141. The number of aromatic nitrogens is 2. The largest absolute Gasteiger partial charge is 0.631 e. The molecule has 0 aliphatic carbocycles. The topological polar surface area (TPSA) is 105 Å². The van der Waals surface area contributed by atoms with Gasteiger partial charge in [-0.1, -0.05) is 6.92 Å². The quantitative estimate of drug-likeness (QED) is 0.486. The van der Waals surface area contributed by atoms with E-state index in [1.54, 1.807) is 6.33 Å². The van der Waals surface area contributed by atoms with Crippen molar-refractivity contribution in [3.05, 3.63) is 18.2 Å². The van der Waals surface area contributed by atoms with Crippen molar-refractivity contribution < 1.29 is 24.6 Å². The highest BCUT2D eigenvalue weighted by atomic mass is 16.5. The molecule has 1 aliphatic rings. The standard InChI is InChI=1S/C11H16N2O2.BH3O3/c1-3-10-8(6-15-11(10)14)4-9-5-12-7-13(9)2;2-1(3)4/h5,7-8,10H,3-4,6H2,1-2H3;2-4H/t8-,10-;/m0./s1. The van der Waals surface area contributed by atoms with Crippen LogP contribution in [0.1, 0.15) is 19.0 Å². The fourth-order valence-corrected chi connectivity index (χ4v) is 2.16. The molecule has 0 radical (unpaired) electrons. The van der Waals surface area contributed by atoms with Crippen molar-refractivity contribution >= 4 is 13.3 Å². The first kappa shape index (κ1) is 15.7. The number of ether oxygens (including phenoxy) is 1. The number of aryl methyl sites for hydroxylation is 1. The maximum Gasteiger partial charge on any atom is 0.631 e. The molecule has 0 amide bonds. The molecule has 8 heteroatoms. The summed E-state index contributed by atoms with van der Waals surface area (Å²) in [5.41, 5.74) is 1.16. The summed E-state index contributed by atoms with van der Waals surface area (Å²) in [6.45, 7) is 2.59. The Balaban J connectivity index is 0.000000399. The molecule has 19 heavy (non-hydrogen) atoms. The minimum Gasteiger partial charge on any atom is -0.465 e. The van der Waals surface area contributed by atoms with Crippen LogP contribution in [0.5, 0.6) is 0 Å². The van der Waals surface area contributed by atoms with Crippen LogP contribution in [0.3, 0.4) is 0 Å². The summed E-state index contributed by atoms with van der Waals surface area (Å²) >= 11 is 0. The van der Waals surface area contributed by atoms with E-state index in [0.717, 1.165) is 18.5 Å². The van der Waals surface area contributed by atoms with Crippen molar-refractivity contribution in [1.29, 1.82) is 0 Å². The first-order valence-corrected chi connectivity index (χ1v) is 6.11. The van der Waals surface area contributed by atoms with E-state index in [-0.39, 0.29) is 11.9 Å². The first-order valence-electron chi connectivity index (χ1n) is 6.11. The number of rotatable bonds is 3. The zero-order chi connectivity index (χ0) is 14.4. The third kappa shape index (κ3) is 4.66. The van der Waals surface area contributed by atoms with Gasteiger partial charge in [-0.25, -0.2) is 4.98 Å². The van der Waals surface area contributed by atoms with E-state index in [1.807, 2.05) is 24.7 Å². The summed E-state index contributed by atoms with van der Waals surface area (Å²) in [5.74, 6) is 0.350. The molecular formula is C11H19BN2O5. The molecule has 7 nitrogen and oxygen atoms in total. The first-order chi connectivity index (χ1) is 8.95. The molecule has 1 aliphatic heterocycles. The number of esters is 1. The molecule has 106 valence electrons. The van der Waals surface area contributed by atoms with Crippen molar-refractivity contribution in [1.82, 2.24) is 9.55 Å². The number of carbonyl (C=O) groups excluding carboxylic acids is 1. The van der Waals surface area contributed by atoms with Crippen LogP contribution in [0.4, 0.5) is 0 Å². The van der Waals surface area contributed by atoms with Gasteiger partial charge in [0.1, 0.15) is 0 Å². The monoisotopic (exact) mass is 270 g/mol. The van der Waals surface area contributed by atoms with Gasteiger partial charge in [-0.3, -0.25) is 4.79 Å². The van der Waals surface area contributed by atoms with Gasteiger partial charge in [0.2, 0.25) is 0 Å². The maximum absolute atomic E-state index is 11.4. The zero-order valence-electron chi connectivity index (χ0n) is 11.1. The van der Waals surface area contributed by atoms with Crippen molar-refractivity contribution in [2.45, 2.75) is 19.8 Å². The number of cyclic esters (lactones) is 1. The Labute approximate surface area is 112 Å². The summed E-state index contributed by atoms with van der Waals surface area (Å²) < 4.78 is 7.08. The van der Waals surface area contributed by atoms with E-state index in [4.69, 9.17) is 19.8 Å². The Morgan fingerprint density at radius 2 is 2.16 bits per heavy atom. The molecule has 0 saturated carbocycles. The normalized spacial score (nSPS) is 21.6. The van der Waals surface area contributed by atoms with Gasteiger partial charge in [0.25, 0.3) is 0 Å². The Hall–Kier alpha value is -1.38. The summed E-state index contributed by atoms with van der Waals surface area (Å²) in [7, 11) is -0.194. The lowest BCUT2D eigenvalue weighted by Gasteiger charge is -2.12. The molecule has 2 rings (SSSR count). The van der Waals surface area contributed by atoms with Crippen LogP contribution in [-0.2, 0) is 23.0 Å². The number of carbonyl (C=O) groups is 1. The van der Waals surface area contributed by atoms with Crippen molar-refractivity contribution in [3.8, 4) is 0 Å². The molecule has 0 spiro atoms. The summed E-state index contributed by atoms with van der Waals surface area (Å²) in [6, 6.07) is 0. The molecule has 2 heterocycles. The molecule has 1 aromatic rings. The van der Waals surface area contributed by atoms with Crippen molar-refractivity contribution in [3.63, 3.8) is 0 Å². The zero-order valence-corrected chi connectivity index (χ0v) is 11.1. The number of imidazole rings is 1. The van der Waals surface area contributed by atoms with E-state index in [1.165, 1.54) is 0 Å². The van der Waals surface area contributed by atoms with E-state index in [0.29, 0.717) is 12.5 Å². The second-order valence-electron chi connectivity index (χ2n) is 4.45. The average Bonchev–Trinajstić information content (AvgIpc) is 2.86. The minimum atomic E-state index is -2.17. The number of hydrogen-bond donors (Lipinski definition) is 3. The fraction of sp³-hybridized carbons (Fsp3) is 0.636. The molecule has 0 bridgehead atoms. The van der Waals surface area contributed by atoms with Crippen molar-refractivity contribution in [2.24, 2.45) is 18.9 Å². The fourth-order valence-electron chi connectivity index (χ4n) is 2.16. The lowest BCUT2D eigenvalue weighted by atomic mass is 9.89. The van der Waals surface area contributed by atoms with Gasteiger partial charge < -0.3 is 24.4 Å². The van der Waals surface area contributed by atoms with Gasteiger partial charge in [-0.05, 0) is 12.8 Å². The SMILES string of the molecule is CC[C@@H]1C(=O)OC[C@@H]1Cc1cncn1C.OB(O)O. The molecule has 1 saturated heterocycles. The van der Waals surface area contributed by atoms with E-state index < -0.39 is 7.32 Å². The summed E-state index contributed by atoms with van der Waals surface area (Å²) in [6.07, 6.45) is 5.38. The van der Waals surface area contributed by atoms with Crippen molar-refractivity contribution in [2.75, 3.05) is 6.61 Å². The molecule has 1 aromatic heterocycles. The third-order valence-electron chi connectivity index (χ3n) is 3.14. The second-order valence-corrected chi connectivity index (χ2v) is 4.45. The predicted molar refractivity (Wildman–Crippen MR) is 67.6 cm³/mol. The Morgan fingerprint density at radius 3 is 2.63 bits per heavy atom. The summed E-state index contributed by atoms with van der Waals surface area (Å²) in [5, 5.41) is 21.5. The Bertz CT molecular complexity index is 407. The van der Waals surface area contributed by atoms with Crippen LogP contribution in [0.25, 0.3) is 0 Å². The smallest absolute Gasteiger partial charge is 0.465 e. The second kappa shape index (κ2) is 7.27. The minimum absolute atomic E-state index is 0.0373. The van der Waals surface area contributed by atoms with Crippen LogP contribution in [0, 0.1) is 11.8 Å². The third-order valence-corrected chi connectivity index (χ3v) is 3.14. The molecule has 3 N–H and O–H groups in total. The van der Waals surface area contributed by atoms with Gasteiger partial charge >= 0.3 is 13.3 Å².